The average Bonchev–Trinajstić information content (AvgIpc) is 2.53. The average molecular weight is 278 g/mol. The van der Waals surface area contributed by atoms with Crippen LogP contribution < -0.4 is 4.74 Å². The summed E-state index contributed by atoms with van der Waals surface area (Å²) in [7, 11) is 1.71. The molecule has 3 heteroatoms. The first-order valence-corrected chi connectivity index (χ1v) is 7.68. The lowest BCUT2D eigenvalue weighted by Crippen LogP contribution is -2.40. The fourth-order valence-electron chi connectivity index (χ4n) is 3.07. The molecular weight excluding hydrogens is 252 g/mol. The van der Waals surface area contributed by atoms with Gasteiger partial charge in [-0.2, -0.15) is 0 Å². The lowest BCUT2D eigenvalue weighted by atomic mass is 9.78. The van der Waals surface area contributed by atoms with E-state index in [9.17, 15) is 5.11 Å². The van der Waals surface area contributed by atoms with Crippen LogP contribution in [0.1, 0.15) is 57.1 Å². The molecule has 0 aliphatic heterocycles. The Morgan fingerprint density at radius 1 is 1.20 bits per heavy atom. The van der Waals surface area contributed by atoms with Crippen molar-refractivity contribution in [1.82, 2.24) is 0 Å². The summed E-state index contributed by atoms with van der Waals surface area (Å²) < 4.78 is 11.5. The maximum absolute atomic E-state index is 10.9. The highest BCUT2D eigenvalue weighted by molar-refractivity contribution is 5.36. The number of benzene rings is 1. The van der Waals surface area contributed by atoms with Gasteiger partial charge in [0.2, 0.25) is 0 Å². The number of hydrogen-bond acceptors (Lipinski definition) is 3. The molecule has 1 aliphatic rings. The molecule has 0 heterocycles. The van der Waals surface area contributed by atoms with Gasteiger partial charge >= 0.3 is 0 Å². The van der Waals surface area contributed by atoms with Gasteiger partial charge < -0.3 is 14.6 Å². The third kappa shape index (κ3) is 3.15. The molecule has 1 aromatic rings. The molecule has 0 bridgehead atoms. The summed E-state index contributed by atoms with van der Waals surface area (Å²) in [6.45, 7) is 2.75. The summed E-state index contributed by atoms with van der Waals surface area (Å²) in [5.74, 6) is 0.781. The van der Waals surface area contributed by atoms with Gasteiger partial charge in [-0.3, -0.25) is 0 Å². The van der Waals surface area contributed by atoms with Gasteiger partial charge in [-0.15, -0.1) is 0 Å². The number of aliphatic hydroxyl groups excluding tert-OH is 1. The van der Waals surface area contributed by atoms with Crippen LogP contribution in [0.5, 0.6) is 5.75 Å². The van der Waals surface area contributed by atoms with Crippen molar-refractivity contribution >= 4 is 0 Å². The van der Waals surface area contributed by atoms with Gasteiger partial charge in [-0.25, -0.2) is 0 Å². The maximum atomic E-state index is 10.9. The second-order valence-corrected chi connectivity index (χ2v) is 5.62. The van der Waals surface area contributed by atoms with E-state index in [0.29, 0.717) is 6.61 Å². The Balaban J connectivity index is 2.24. The molecule has 0 aromatic heterocycles. The summed E-state index contributed by atoms with van der Waals surface area (Å²) >= 11 is 0. The number of ether oxygens (including phenoxy) is 2. The molecule has 112 valence electrons. The lowest BCUT2D eigenvalue weighted by Gasteiger charge is -2.40. The summed E-state index contributed by atoms with van der Waals surface area (Å²) in [6.07, 6.45) is 5.61. The van der Waals surface area contributed by atoms with Crippen LogP contribution in [-0.4, -0.2) is 24.4 Å². The minimum absolute atomic E-state index is 0.454. The van der Waals surface area contributed by atoms with E-state index in [-0.39, 0.29) is 0 Å². The molecule has 0 spiro atoms. The van der Waals surface area contributed by atoms with Crippen molar-refractivity contribution in [2.45, 2.75) is 57.2 Å². The molecule has 0 saturated heterocycles. The highest BCUT2D eigenvalue weighted by Gasteiger charge is 2.41. The van der Waals surface area contributed by atoms with E-state index in [4.69, 9.17) is 9.47 Å². The van der Waals surface area contributed by atoms with Crippen molar-refractivity contribution in [2.75, 3.05) is 13.7 Å². The Labute approximate surface area is 121 Å². The van der Waals surface area contributed by atoms with E-state index in [1.54, 1.807) is 7.11 Å². The second kappa shape index (κ2) is 7.09. The molecule has 1 aromatic carbocycles. The molecule has 20 heavy (non-hydrogen) atoms. The Hall–Kier alpha value is -1.06. The minimum atomic E-state index is -0.624. The van der Waals surface area contributed by atoms with E-state index in [1.807, 2.05) is 24.3 Å². The quantitative estimate of drug-likeness (QED) is 0.858. The Morgan fingerprint density at radius 2 is 1.90 bits per heavy atom. The Morgan fingerprint density at radius 3 is 2.55 bits per heavy atom. The molecule has 3 nitrogen and oxygen atoms in total. The molecule has 1 saturated carbocycles. The van der Waals surface area contributed by atoms with Crippen LogP contribution in [0.25, 0.3) is 0 Å². The van der Waals surface area contributed by atoms with Gasteiger partial charge in [0.15, 0.2) is 0 Å². The lowest BCUT2D eigenvalue weighted by molar-refractivity contribution is -0.125. The van der Waals surface area contributed by atoms with E-state index in [2.05, 4.69) is 6.92 Å². The molecule has 2 rings (SSSR count). The van der Waals surface area contributed by atoms with Crippen molar-refractivity contribution in [2.24, 2.45) is 0 Å². The molecule has 1 atom stereocenters. The van der Waals surface area contributed by atoms with E-state index in [0.717, 1.165) is 43.4 Å². The zero-order valence-electron chi connectivity index (χ0n) is 12.6. The Kier molecular flexibility index (Phi) is 5.44. The second-order valence-electron chi connectivity index (χ2n) is 5.62. The monoisotopic (exact) mass is 278 g/mol. The molecule has 0 radical (unpaired) electrons. The maximum Gasteiger partial charge on any atom is 0.125 e. The number of hydrogen-bond donors (Lipinski definition) is 1. The largest absolute Gasteiger partial charge is 0.493 e. The van der Waals surface area contributed by atoms with Crippen LogP contribution in [0.3, 0.4) is 0 Å². The number of methoxy groups -OCH3 is 1. The first-order valence-electron chi connectivity index (χ1n) is 7.68. The van der Waals surface area contributed by atoms with E-state index >= 15 is 0 Å². The predicted molar refractivity (Wildman–Crippen MR) is 80.0 cm³/mol. The standard InChI is InChI=1S/C17H26O3/c1-3-13-20-15-10-6-5-9-14(15)16(18)17(19-2)11-7-4-8-12-17/h5-6,9-10,16,18H,3-4,7-8,11-13H2,1-2H3. The first-order chi connectivity index (χ1) is 9.73. The number of rotatable bonds is 6. The van der Waals surface area contributed by atoms with Crippen LogP contribution in [0.15, 0.2) is 24.3 Å². The molecule has 0 amide bonds. The summed E-state index contributed by atoms with van der Waals surface area (Å²) in [6, 6.07) is 7.77. The van der Waals surface area contributed by atoms with Gasteiger partial charge in [0.1, 0.15) is 11.9 Å². The van der Waals surface area contributed by atoms with Gasteiger partial charge in [0, 0.05) is 12.7 Å². The normalized spacial score (nSPS) is 19.6. The van der Waals surface area contributed by atoms with Crippen molar-refractivity contribution in [3.8, 4) is 5.75 Å². The molecular formula is C17H26O3. The van der Waals surface area contributed by atoms with Crippen molar-refractivity contribution in [3.63, 3.8) is 0 Å². The van der Waals surface area contributed by atoms with Crippen LogP contribution in [0.4, 0.5) is 0 Å². The van der Waals surface area contributed by atoms with Crippen LogP contribution >= 0.6 is 0 Å². The predicted octanol–water partition coefficient (Wildman–Crippen LogP) is 3.86. The first kappa shape index (κ1) is 15.3. The summed E-state index contributed by atoms with van der Waals surface area (Å²) in [5.41, 5.74) is 0.397. The summed E-state index contributed by atoms with van der Waals surface area (Å²) in [4.78, 5) is 0. The molecule has 1 N–H and O–H groups in total. The highest BCUT2D eigenvalue weighted by atomic mass is 16.5. The van der Waals surface area contributed by atoms with Gasteiger partial charge in [0.25, 0.3) is 0 Å². The highest BCUT2D eigenvalue weighted by Crippen LogP contribution is 2.43. The van der Waals surface area contributed by atoms with Crippen LogP contribution in [0.2, 0.25) is 0 Å². The van der Waals surface area contributed by atoms with Crippen molar-refractivity contribution in [1.29, 1.82) is 0 Å². The van der Waals surface area contributed by atoms with Gasteiger partial charge in [-0.1, -0.05) is 44.4 Å². The number of para-hydroxylation sites is 1. The third-order valence-electron chi connectivity index (χ3n) is 4.28. The SMILES string of the molecule is CCCOc1ccccc1C(O)C1(OC)CCCCC1. The molecule has 1 fully saturated rings. The molecule has 1 aliphatic carbocycles. The topological polar surface area (TPSA) is 38.7 Å². The summed E-state index contributed by atoms with van der Waals surface area (Å²) in [5, 5.41) is 10.9. The minimum Gasteiger partial charge on any atom is -0.493 e. The van der Waals surface area contributed by atoms with E-state index < -0.39 is 11.7 Å². The number of aliphatic hydroxyl groups is 1. The zero-order valence-corrected chi connectivity index (χ0v) is 12.6. The zero-order chi connectivity index (χ0) is 14.4. The fraction of sp³-hybridized carbons (Fsp3) is 0.647. The van der Waals surface area contributed by atoms with Gasteiger partial charge in [0.05, 0.1) is 12.2 Å². The van der Waals surface area contributed by atoms with E-state index in [1.165, 1.54) is 6.42 Å². The van der Waals surface area contributed by atoms with Crippen LogP contribution in [-0.2, 0) is 4.74 Å². The van der Waals surface area contributed by atoms with Crippen molar-refractivity contribution in [3.05, 3.63) is 29.8 Å². The van der Waals surface area contributed by atoms with Crippen molar-refractivity contribution < 1.29 is 14.6 Å². The third-order valence-corrected chi connectivity index (χ3v) is 4.28. The smallest absolute Gasteiger partial charge is 0.125 e. The van der Waals surface area contributed by atoms with Gasteiger partial charge in [-0.05, 0) is 25.3 Å². The molecule has 1 unspecified atom stereocenters. The Bertz CT molecular complexity index is 410. The fourth-order valence-corrected chi connectivity index (χ4v) is 3.07. The van der Waals surface area contributed by atoms with Crippen LogP contribution in [0, 0.1) is 0 Å².